The van der Waals surface area contributed by atoms with Gasteiger partial charge in [-0.1, -0.05) is 0 Å². The molecule has 0 aliphatic carbocycles. The smallest absolute Gasteiger partial charge is 0.344 e. The number of carboxylic acid groups (broad SMARTS) is 1. The first-order chi connectivity index (χ1) is 4.65. The molecule has 0 fully saturated rings. The molecule has 1 rings (SSSR count). The summed E-state index contributed by atoms with van der Waals surface area (Å²) in [5.41, 5.74) is -1.89. The van der Waals surface area contributed by atoms with Crippen molar-refractivity contribution in [3.8, 4) is 0 Å². The Labute approximate surface area is 57.0 Å². The first-order valence-corrected chi connectivity index (χ1v) is 2.62. The summed E-state index contributed by atoms with van der Waals surface area (Å²) in [6.45, 7) is 0. The predicted molar refractivity (Wildman–Crippen MR) is 32.0 cm³/mol. The Morgan fingerprint density at radius 2 is 1.90 bits per heavy atom. The zero-order valence-corrected chi connectivity index (χ0v) is 5.02. The van der Waals surface area contributed by atoms with E-state index in [2.05, 4.69) is 4.74 Å². The highest BCUT2D eigenvalue weighted by Crippen LogP contribution is 2.13. The van der Waals surface area contributed by atoms with Gasteiger partial charge < -0.3 is 14.9 Å². The van der Waals surface area contributed by atoms with Gasteiger partial charge in [0.15, 0.2) is 0 Å². The van der Waals surface area contributed by atoms with Gasteiger partial charge in [0.1, 0.15) is 0 Å². The number of carboxylic acids is 1. The molecule has 1 aliphatic heterocycles. The molecule has 0 aromatic heterocycles. The second-order valence-electron chi connectivity index (χ2n) is 1.87. The molecule has 0 aromatic carbocycles. The van der Waals surface area contributed by atoms with Crippen LogP contribution in [0, 0.1) is 0 Å². The predicted octanol–water partition coefficient (Wildman–Crippen LogP) is -0.140. The van der Waals surface area contributed by atoms with Crippen LogP contribution in [0.5, 0.6) is 0 Å². The molecule has 0 radical (unpaired) electrons. The van der Waals surface area contributed by atoms with Crippen LogP contribution in [0.2, 0.25) is 0 Å². The summed E-state index contributed by atoms with van der Waals surface area (Å²) in [6.07, 6.45) is 4.34. The molecular formula is C6H6O4. The molecule has 54 valence electrons. The Balaban J connectivity index is 2.85. The Morgan fingerprint density at radius 3 is 2.20 bits per heavy atom. The second-order valence-corrected chi connectivity index (χ2v) is 1.87. The van der Waals surface area contributed by atoms with E-state index in [-0.39, 0.29) is 0 Å². The van der Waals surface area contributed by atoms with Gasteiger partial charge in [-0.25, -0.2) is 4.79 Å². The van der Waals surface area contributed by atoms with E-state index in [0.717, 1.165) is 24.7 Å². The minimum Gasteiger partial charge on any atom is -0.479 e. The van der Waals surface area contributed by atoms with Crippen molar-refractivity contribution in [1.29, 1.82) is 0 Å². The molecule has 0 atom stereocenters. The molecule has 0 unspecified atom stereocenters. The fraction of sp³-hybridized carbons (Fsp3) is 0.167. The largest absolute Gasteiger partial charge is 0.479 e. The number of carbonyl (C=O) groups is 1. The van der Waals surface area contributed by atoms with Crippen LogP contribution < -0.4 is 0 Å². The van der Waals surface area contributed by atoms with Crippen LogP contribution in [0.15, 0.2) is 24.7 Å². The molecular weight excluding hydrogens is 136 g/mol. The van der Waals surface area contributed by atoms with E-state index in [0.29, 0.717) is 0 Å². The Bertz CT molecular complexity index is 192. The number of ether oxygens (including phenoxy) is 1. The van der Waals surface area contributed by atoms with Crippen LogP contribution >= 0.6 is 0 Å². The maximum atomic E-state index is 10.3. The molecule has 0 bridgehead atoms. The van der Waals surface area contributed by atoms with Crippen LogP contribution in [0.1, 0.15) is 0 Å². The van der Waals surface area contributed by atoms with Gasteiger partial charge in [0.05, 0.1) is 12.5 Å². The number of aliphatic hydroxyl groups is 1. The Hall–Kier alpha value is -1.29. The summed E-state index contributed by atoms with van der Waals surface area (Å²) >= 11 is 0. The van der Waals surface area contributed by atoms with Crippen LogP contribution in [0.3, 0.4) is 0 Å². The van der Waals surface area contributed by atoms with E-state index in [4.69, 9.17) is 10.2 Å². The van der Waals surface area contributed by atoms with Gasteiger partial charge in [0.25, 0.3) is 0 Å². The molecule has 1 heterocycles. The van der Waals surface area contributed by atoms with Crippen molar-refractivity contribution in [2.45, 2.75) is 5.60 Å². The van der Waals surface area contributed by atoms with Gasteiger partial charge in [-0.15, -0.1) is 0 Å². The standard InChI is InChI=1S/C6H6O4/c7-5(8)6(9)1-3-10-4-2-6/h1-4,9H,(H,7,8). The van der Waals surface area contributed by atoms with Crippen molar-refractivity contribution in [2.75, 3.05) is 0 Å². The van der Waals surface area contributed by atoms with Gasteiger partial charge in [-0.2, -0.15) is 0 Å². The van der Waals surface area contributed by atoms with Gasteiger partial charge in [0.2, 0.25) is 5.60 Å². The van der Waals surface area contributed by atoms with E-state index in [9.17, 15) is 4.79 Å². The number of hydrogen-bond donors (Lipinski definition) is 2. The molecule has 0 spiro atoms. The van der Waals surface area contributed by atoms with Crippen LogP contribution in [0.25, 0.3) is 0 Å². The number of aliphatic carboxylic acids is 1. The quantitative estimate of drug-likeness (QED) is 0.534. The normalized spacial score (nSPS) is 20.1. The van der Waals surface area contributed by atoms with Gasteiger partial charge >= 0.3 is 5.97 Å². The van der Waals surface area contributed by atoms with Crippen molar-refractivity contribution in [3.63, 3.8) is 0 Å². The first kappa shape index (κ1) is 6.82. The minimum absolute atomic E-state index is 1.05. The monoisotopic (exact) mass is 142 g/mol. The van der Waals surface area contributed by atoms with Crippen LogP contribution in [-0.4, -0.2) is 21.8 Å². The average Bonchev–Trinajstić information content (AvgIpc) is 1.89. The second kappa shape index (κ2) is 2.15. The molecule has 0 saturated carbocycles. The third kappa shape index (κ3) is 1.01. The summed E-state index contributed by atoms with van der Waals surface area (Å²) < 4.78 is 4.53. The maximum absolute atomic E-state index is 10.3. The van der Waals surface area contributed by atoms with Crippen molar-refractivity contribution < 1.29 is 19.7 Å². The summed E-state index contributed by atoms with van der Waals surface area (Å²) in [7, 11) is 0. The lowest BCUT2D eigenvalue weighted by molar-refractivity contribution is -0.149. The Morgan fingerprint density at radius 1 is 1.40 bits per heavy atom. The molecule has 1 aliphatic rings. The molecule has 0 saturated heterocycles. The summed E-state index contributed by atoms with van der Waals surface area (Å²) in [5.74, 6) is -1.32. The third-order valence-corrected chi connectivity index (χ3v) is 1.14. The molecule has 10 heavy (non-hydrogen) atoms. The van der Waals surface area contributed by atoms with Crippen LogP contribution in [0.4, 0.5) is 0 Å². The van der Waals surface area contributed by atoms with Crippen LogP contribution in [-0.2, 0) is 9.53 Å². The summed E-state index contributed by atoms with van der Waals surface area (Å²) in [4.78, 5) is 10.3. The van der Waals surface area contributed by atoms with Crippen molar-refractivity contribution in [1.82, 2.24) is 0 Å². The highest BCUT2D eigenvalue weighted by atomic mass is 16.5. The van der Waals surface area contributed by atoms with E-state index >= 15 is 0 Å². The summed E-state index contributed by atoms with van der Waals surface area (Å²) in [6, 6.07) is 0. The lowest BCUT2D eigenvalue weighted by Crippen LogP contribution is -2.34. The molecule has 0 amide bonds. The highest BCUT2D eigenvalue weighted by Gasteiger charge is 2.31. The van der Waals surface area contributed by atoms with Crippen molar-refractivity contribution in [3.05, 3.63) is 24.7 Å². The fourth-order valence-electron chi connectivity index (χ4n) is 0.530. The minimum atomic E-state index is -1.89. The topological polar surface area (TPSA) is 66.8 Å². The fourth-order valence-corrected chi connectivity index (χ4v) is 0.530. The van der Waals surface area contributed by atoms with Gasteiger partial charge in [-0.05, 0) is 12.2 Å². The van der Waals surface area contributed by atoms with E-state index in [1.54, 1.807) is 0 Å². The maximum Gasteiger partial charge on any atom is 0.344 e. The highest BCUT2D eigenvalue weighted by molar-refractivity contribution is 5.82. The Kier molecular flexibility index (Phi) is 1.47. The van der Waals surface area contributed by atoms with E-state index in [1.807, 2.05) is 0 Å². The lowest BCUT2D eigenvalue weighted by Gasteiger charge is -2.15. The molecule has 4 heteroatoms. The van der Waals surface area contributed by atoms with E-state index in [1.165, 1.54) is 0 Å². The lowest BCUT2D eigenvalue weighted by atomic mass is 10.1. The molecule has 4 nitrogen and oxygen atoms in total. The summed E-state index contributed by atoms with van der Waals surface area (Å²) in [5, 5.41) is 17.5. The number of hydrogen-bond acceptors (Lipinski definition) is 3. The SMILES string of the molecule is O=C(O)C1(O)C=COC=C1. The van der Waals surface area contributed by atoms with E-state index < -0.39 is 11.6 Å². The van der Waals surface area contributed by atoms with Gasteiger partial charge in [0, 0.05) is 0 Å². The zero-order chi connectivity index (χ0) is 7.61. The first-order valence-electron chi connectivity index (χ1n) is 2.62. The van der Waals surface area contributed by atoms with Gasteiger partial charge in [-0.3, -0.25) is 0 Å². The number of rotatable bonds is 1. The van der Waals surface area contributed by atoms with Crippen molar-refractivity contribution >= 4 is 5.97 Å². The molecule has 0 aromatic rings. The molecule has 2 N–H and O–H groups in total. The van der Waals surface area contributed by atoms with Crippen molar-refractivity contribution in [2.24, 2.45) is 0 Å². The average molecular weight is 142 g/mol. The zero-order valence-electron chi connectivity index (χ0n) is 5.02. The third-order valence-electron chi connectivity index (χ3n) is 1.14.